The van der Waals surface area contributed by atoms with Crippen LogP contribution in [0.15, 0.2) is 30.5 Å². The van der Waals surface area contributed by atoms with E-state index in [0.717, 1.165) is 17.8 Å². The van der Waals surface area contributed by atoms with Crippen LogP contribution in [-0.2, 0) is 6.42 Å². The molecule has 1 heterocycles. The van der Waals surface area contributed by atoms with Crippen molar-refractivity contribution in [3.8, 4) is 11.8 Å². The van der Waals surface area contributed by atoms with Crippen molar-refractivity contribution in [2.75, 3.05) is 0 Å². The molecule has 0 atom stereocenters. The van der Waals surface area contributed by atoms with Crippen LogP contribution in [0.25, 0.3) is 5.69 Å². The Hall–Kier alpha value is -2.08. The molecule has 0 N–H and O–H groups in total. The summed E-state index contributed by atoms with van der Waals surface area (Å²) < 4.78 is 1.83. The summed E-state index contributed by atoms with van der Waals surface area (Å²) in [7, 11) is 0. The Bertz CT molecular complexity index is 529. The second-order valence-electron chi connectivity index (χ2n) is 3.72. The predicted octanol–water partition coefficient (Wildman–Crippen LogP) is 2.61. The highest BCUT2D eigenvalue weighted by molar-refractivity contribution is 5.40. The van der Waals surface area contributed by atoms with Gasteiger partial charge in [0.1, 0.15) is 6.07 Å². The van der Waals surface area contributed by atoms with Crippen LogP contribution in [0.4, 0.5) is 0 Å². The maximum Gasteiger partial charge on any atom is 0.103 e. The number of hydrogen-bond donors (Lipinski definition) is 0. The summed E-state index contributed by atoms with van der Waals surface area (Å²) >= 11 is 0. The number of rotatable bonds is 2. The van der Waals surface area contributed by atoms with Crippen molar-refractivity contribution < 1.29 is 0 Å². The van der Waals surface area contributed by atoms with Gasteiger partial charge < -0.3 is 0 Å². The van der Waals surface area contributed by atoms with Crippen molar-refractivity contribution in [3.05, 3.63) is 47.3 Å². The fourth-order valence-electron chi connectivity index (χ4n) is 1.72. The minimum atomic E-state index is 0.656. The quantitative estimate of drug-likeness (QED) is 0.766. The van der Waals surface area contributed by atoms with Gasteiger partial charge in [-0.05, 0) is 25.5 Å². The smallest absolute Gasteiger partial charge is 0.103 e. The summed E-state index contributed by atoms with van der Waals surface area (Å²) in [6.07, 6.45) is 2.43. The summed E-state index contributed by atoms with van der Waals surface area (Å²) in [5.41, 5.74) is 3.84. The molecule has 3 heteroatoms. The van der Waals surface area contributed by atoms with E-state index < -0.39 is 0 Å². The van der Waals surface area contributed by atoms with E-state index in [-0.39, 0.29) is 0 Å². The topological polar surface area (TPSA) is 41.6 Å². The van der Waals surface area contributed by atoms with Crippen molar-refractivity contribution in [1.29, 1.82) is 5.26 Å². The first-order chi connectivity index (χ1) is 7.76. The molecule has 0 aliphatic carbocycles. The third-order valence-corrected chi connectivity index (χ3v) is 2.60. The second-order valence-corrected chi connectivity index (χ2v) is 3.72. The Morgan fingerprint density at radius 2 is 2.00 bits per heavy atom. The van der Waals surface area contributed by atoms with Gasteiger partial charge in [0.05, 0.1) is 23.1 Å². The molecule has 0 spiro atoms. The van der Waals surface area contributed by atoms with Gasteiger partial charge in [-0.3, -0.25) is 0 Å². The summed E-state index contributed by atoms with van der Waals surface area (Å²) in [4.78, 5) is 0. The van der Waals surface area contributed by atoms with Gasteiger partial charge in [-0.15, -0.1) is 0 Å². The predicted molar refractivity (Wildman–Crippen MR) is 62.4 cm³/mol. The normalized spacial score (nSPS) is 10.1. The monoisotopic (exact) mass is 211 g/mol. The molecule has 0 bridgehead atoms. The first-order valence-corrected chi connectivity index (χ1v) is 5.30. The molecule has 0 amide bonds. The molecule has 16 heavy (non-hydrogen) atoms. The lowest BCUT2D eigenvalue weighted by atomic mass is 10.2. The summed E-state index contributed by atoms with van der Waals surface area (Å²) in [6, 6.07) is 10.3. The molecule has 0 unspecified atom stereocenters. The lowest BCUT2D eigenvalue weighted by Crippen LogP contribution is -2.01. The highest BCUT2D eigenvalue weighted by atomic mass is 15.3. The lowest BCUT2D eigenvalue weighted by molar-refractivity contribution is 0.813. The van der Waals surface area contributed by atoms with Crippen LogP contribution in [0.1, 0.15) is 23.7 Å². The van der Waals surface area contributed by atoms with E-state index in [1.165, 1.54) is 5.56 Å². The Morgan fingerprint density at radius 1 is 1.31 bits per heavy atom. The highest BCUT2D eigenvalue weighted by Gasteiger charge is 2.09. The third kappa shape index (κ3) is 1.70. The van der Waals surface area contributed by atoms with E-state index in [9.17, 15) is 0 Å². The van der Waals surface area contributed by atoms with E-state index in [4.69, 9.17) is 5.26 Å². The molecule has 0 aliphatic heterocycles. The summed E-state index contributed by atoms with van der Waals surface area (Å²) in [6.45, 7) is 4.08. The Kier molecular flexibility index (Phi) is 2.74. The van der Waals surface area contributed by atoms with Crippen LogP contribution in [0.2, 0.25) is 0 Å². The Labute approximate surface area is 94.9 Å². The first-order valence-electron chi connectivity index (χ1n) is 5.30. The molecule has 0 radical (unpaired) electrons. The molecule has 3 nitrogen and oxygen atoms in total. The molecule has 0 fully saturated rings. The maximum atomic E-state index is 8.95. The zero-order valence-electron chi connectivity index (χ0n) is 9.44. The molecule has 1 aromatic carbocycles. The van der Waals surface area contributed by atoms with Gasteiger partial charge >= 0.3 is 0 Å². The number of hydrogen-bond acceptors (Lipinski definition) is 2. The standard InChI is InChI=1S/C13H13N3/c1-3-13-11(8-14)9-15-16(13)12-6-4-10(2)5-7-12/h4-7,9H,3H2,1-2H3. The van der Waals surface area contributed by atoms with Crippen molar-refractivity contribution >= 4 is 0 Å². The van der Waals surface area contributed by atoms with Gasteiger partial charge in [-0.2, -0.15) is 10.4 Å². The molecule has 0 aliphatic rings. The van der Waals surface area contributed by atoms with Gasteiger partial charge in [0, 0.05) is 0 Å². The second kappa shape index (κ2) is 4.19. The number of nitrogens with zero attached hydrogens (tertiary/aromatic N) is 3. The molecule has 80 valence electrons. The maximum absolute atomic E-state index is 8.95. The molecular weight excluding hydrogens is 198 g/mol. The van der Waals surface area contributed by atoms with E-state index in [1.807, 2.05) is 42.8 Å². The summed E-state index contributed by atoms with van der Waals surface area (Å²) in [5.74, 6) is 0. The van der Waals surface area contributed by atoms with Crippen LogP contribution in [-0.4, -0.2) is 9.78 Å². The van der Waals surface area contributed by atoms with E-state index >= 15 is 0 Å². The van der Waals surface area contributed by atoms with Gasteiger partial charge in [0.25, 0.3) is 0 Å². The summed E-state index contributed by atoms with van der Waals surface area (Å²) in [5, 5.41) is 13.2. The molecular formula is C13H13N3. The van der Waals surface area contributed by atoms with E-state index in [1.54, 1.807) is 6.20 Å². The first kappa shape index (κ1) is 10.4. The van der Waals surface area contributed by atoms with Gasteiger partial charge in [-0.25, -0.2) is 4.68 Å². The third-order valence-electron chi connectivity index (χ3n) is 2.60. The fourth-order valence-corrected chi connectivity index (χ4v) is 1.72. The van der Waals surface area contributed by atoms with Gasteiger partial charge in [-0.1, -0.05) is 24.6 Å². The zero-order valence-corrected chi connectivity index (χ0v) is 9.44. The van der Waals surface area contributed by atoms with Crippen molar-refractivity contribution in [2.45, 2.75) is 20.3 Å². The molecule has 0 saturated heterocycles. The largest absolute Gasteiger partial charge is 0.236 e. The highest BCUT2D eigenvalue weighted by Crippen LogP contribution is 2.15. The minimum Gasteiger partial charge on any atom is -0.236 e. The molecule has 0 saturated carbocycles. The minimum absolute atomic E-state index is 0.656. The molecule has 2 rings (SSSR count). The zero-order chi connectivity index (χ0) is 11.5. The van der Waals surface area contributed by atoms with Crippen LogP contribution in [0.5, 0.6) is 0 Å². The fraction of sp³-hybridized carbons (Fsp3) is 0.231. The van der Waals surface area contributed by atoms with Crippen molar-refractivity contribution in [1.82, 2.24) is 9.78 Å². The van der Waals surface area contributed by atoms with Crippen LogP contribution < -0.4 is 0 Å². The average Bonchev–Trinajstić information content (AvgIpc) is 2.72. The lowest BCUT2D eigenvalue weighted by Gasteiger charge is -2.06. The van der Waals surface area contributed by atoms with Crippen LogP contribution >= 0.6 is 0 Å². The van der Waals surface area contributed by atoms with E-state index in [0.29, 0.717) is 5.56 Å². The van der Waals surface area contributed by atoms with Crippen LogP contribution in [0, 0.1) is 18.3 Å². The number of nitriles is 1. The molecule has 2 aromatic rings. The van der Waals surface area contributed by atoms with Crippen molar-refractivity contribution in [3.63, 3.8) is 0 Å². The SMILES string of the molecule is CCc1c(C#N)cnn1-c1ccc(C)cc1. The van der Waals surface area contributed by atoms with E-state index in [2.05, 4.69) is 11.2 Å². The number of benzene rings is 1. The number of aromatic nitrogens is 2. The Balaban J connectivity index is 2.52. The van der Waals surface area contributed by atoms with Crippen LogP contribution in [0.3, 0.4) is 0 Å². The number of aryl methyl sites for hydroxylation is 1. The average molecular weight is 211 g/mol. The van der Waals surface area contributed by atoms with Gasteiger partial charge in [0.15, 0.2) is 0 Å². The van der Waals surface area contributed by atoms with Crippen molar-refractivity contribution in [2.24, 2.45) is 0 Å². The van der Waals surface area contributed by atoms with Gasteiger partial charge in [0.2, 0.25) is 0 Å². The molecule has 1 aromatic heterocycles. The Morgan fingerprint density at radius 3 is 2.56 bits per heavy atom.